The molecule has 0 aliphatic carbocycles. The predicted octanol–water partition coefficient (Wildman–Crippen LogP) is 1.61. The molecule has 0 amide bonds. The highest BCUT2D eigenvalue weighted by molar-refractivity contribution is 7.13. The van der Waals surface area contributed by atoms with Gasteiger partial charge in [-0.15, -0.1) is 11.3 Å². The lowest BCUT2D eigenvalue weighted by atomic mass is 10.5. The molecule has 0 aliphatic rings. The monoisotopic (exact) mass is 181 g/mol. The molecular formula is C7H5N2O2S. The van der Waals surface area contributed by atoms with E-state index >= 15 is 0 Å². The smallest absolute Gasteiger partial charge is 0.241 e. The Morgan fingerprint density at radius 2 is 2.58 bits per heavy atom. The molecular weight excluding hydrogens is 176 g/mol. The van der Waals surface area contributed by atoms with Gasteiger partial charge in [-0.25, -0.2) is 4.98 Å². The van der Waals surface area contributed by atoms with Gasteiger partial charge in [-0.3, -0.25) is 0 Å². The highest BCUT2D eigenvalue weighted by Gasteiger charge is 2.12. The molecule has 61 valence electrons. The van der Waals surface area contributed by atoms with Crippen molar-refractivity contribution < 1.29 is 9.15 Å². The lowest BCUT2D eigenvalue weighted by Crippen LogP contribution is -1.84. The molecule has 12 heavy (non-hydrogen) atoms. The second-order valence-corrected chi connectivity index (χ2v) is 2.78. The second kappa shape index (κ2) is 2.94. The molecule has 0 aliphatic heterocycles. The first-order valence-corrected chi connectivity index (χ1v) is 4.04. The number of oxazole rings is 1. The fraction of sp³-hybridized carbons (Fsp3) is 0.143. The molecule has 0 fully saturated rings. The summed E-state index contributed by atoms with van der Waals surface area (Å²) >= 11 is 1.31. The van der Waals surface area contributed by atoms with E-state index in [-0.39, 0.29) is 0 Å². The van der Waals surface area contributed by atoms with Crippen LogP contribution in [0.2, 0.25) is 0 Å². The van der Waals surface area contributed by atoms with Crippen LogP contribution in [-0.2, 0) is 0 Å². The SMILES string of the molecule is COc1n[c]sc1-c1ncco1. The van der Waals surface area contributed by atoms with Gasteiger partial charge in [0.1, 0.15) is 6.26 Å². The van der Waals surface area contributed by atoms with Crippen LogP contribution >= 0.6 is 11.3 Å². The van der Waals surface area contributed by atoms with Crippen molar-refractivity contribution in [1.82, 2.24) is 9.97 Å². The number of aromatic nitrogens is 2. The summed E-state index contributed by atoms with van der Waals surface area (Å²) in [7, 11) is 1.55. The Labute approximate surface area is 72.8 Å². The number of ether oxygens (including phenoxy) is 1. The Bertz CT molecular complexity index is 355. The summed E-state index contributed by atoms with van der Waals surface area (Å²) in [6.45, 7) is 0. The van der Waals surface area contributed by atoms with Crippen molar-refractivity contribution in [3.8, 4) is 16.6 Å². The molecule has 0 unspecified atom stereocenters. The fourth-order valence-electron chi connectivity index (χ4n) is 0.813. The van der Waals surface area contributed by atoms with Crippen LogP contribution in [0.25, 0.3) is 10.8 Å². The molecule has 1 radical (unpaired) electrons. The quantitative estimate of drug-likeness (QED) is 0.706. The van der Waals surface area contributed by atoms with E-state index in [1.807, 2.05) is 0 Å². The van der Waals surface area contributed by atoms with E-state index in [0.717, 1.165) is 4.88 Å². The lowest BCUT2D eigenvalue weighted by molar-refractivity contribution is 0.400. The zero-order valence-corrected chi connectivity index (χ0v) is 7.09. The van der Waals surface area contributed by atoms with Crippen molar-refractivity contribution in [3.05, 3.63) is 18.0 Å². The Balaban J connectivity index is 2.46. The van der Waals surface area contributed by atoms with Gasteiger partial charge in [0, 0.05) is 0 Å². The minimum atomic E-state index is 0.502. The third-order valence-electron chi connectivity index (χ3n) is 1.31. The number of rotatable bonds is 2. The molecule has 0 bridgehead atoms. The molecule has 4 nitrogen and oxygen atoms in total. The molecule has 2 heterocycles. The Hall–Kier alpha value is -1.36. The third kappa shape index (κ3) is 1.08. The summed E-state index contributed by atoms with van der Waals surface area (Å²) in [6.07, 6.45) is 3.09. The predicted molar refractivity (Wildman–Crippen MR) is 43.0 cm³/mol. The van der Waals surface area contributed by atoms with Crippen LogP contribution in [0.15, 0.2) is 16.9 Å². The lowest BCUT2D eigenvalue weighted by Gasteiger charge is -1.94. The number of nitrogens with zero attached hydrogens (tertiary/aromatic N) is 2. The minimum Gasteiger partial charge on any atom is -0.480 e. The molecule has 2 aromatic heterocycles. The van der Waals surface area contributed by atoms with Crippen molar-refractivity contribution in [2.45, 2.75) is 0 Å². The van der Waals surface area contributed by atoms with Crippen LogP contribution in [0.1, 0.15) is 0 Å². The van der Waals surface area contributed by atoms with Crippen molar-refractivity contribution in [2.24, 2.45) is 0 Å². The first kappa shape index (κ1) is 7.30. The fourth-order valence-corrected chi connectivity index (χ4v) is 1.44. The molecule has 2 rings (SSSR count). The van der Waals surface area contributed by atoms with E-state index in [9.17, 15) is 0 Å². The van der Waals surface area contributed by atoms with Gasteiger partial charge in [-0.2, -0.15) is 4.98 Å². The first-order chi connectivity index (χ1) is 5.92. The van der Waals surface area contributed by atoms with Gasteiger partial charge in [0.25, 0.3) is 0 Å². The number of methoxy groups -OCH3 is 1. The second-order valence-electron chi connectivity index (χ2n) is 1.98. The summed E-state index contributed by atoms with van der Waals surface area (Å²) in [5, 5.41) is 0. The molecule has 0 saturated carbocycles. The highest BCUT2D eigenvalue weighted by atomic mass is 32.1. The zero-order valence-electron chi connectivity index (χ0n) is 6.27. The maximum Gasteiger partial charge on any atom is 0.241 e. The summed E-state index contributed by atoms with van der Waals surface area (Å²) in [4.78, 5) is 8.60. The van der Waals surface area contributed by atoms with Gasteiger partial charge in [-0.05, 0) is 0 Å². The average Bonchev–Trinajstić information content (AvgIpc) is 2.74. The molecule has 0 spiro atoms. The van der Waals surface area contributed by atoms with E-state index in [2.05, 4.69) is 15.5 Å². The summed E-state index contributed by atoms with van der Waals surface area (Å²) in [5.41, 5.74) is 2.70. The van der Waals surface area contributed by atoms with Gasteiger partial charge >= 0.3 is 0 Å². The normalized spacial score (nSPS) is 10.1. The van der Waals surface area contributed by atoms with Crippen LogP contribution in [0.5, 0.6) is 5.88 Å². The standard InChI is InChI=1S/C7H5N2O2S/c1-10-6-5(12-4-9-6)7-8-2-3-11-7/h2-3H,1H3. The maximum absolute atomic E-state index is 5.08. The molecule has 0 atom stereocenters. The number of thiazole rings is 1. The van der Waals surface area contributed by atoms with E-state index < -0.39 is 0 Å². The largest absolute Gasteiger partial charge is 0.480 e. The number of hydrogen-bond donors (Lipinski definition) is 0. The van der Waals surface area contributed by atoms with E-state index in [0.29, 0.717) is 11.8 Å². The van der Waals surface area contributed by atoms with Crippen LogP contribution in [0.4, 0.5) is 0 Å². The minimum absolute atomic E-state index is 0.502. The van der Waals surface area contributed by atoms with E-state index in [1.165, 1.54) is 17.6 Å². The Kier molecular flexibility index (Phi) is 1.79. The van der Waals surface area contributed by atoms with Crippen molar-refractivity contribution >= 4 is 11.3 Å². The van der Waals surface area contributed by atoms with Crippen molar-refractivity contribution in [1.29, 1.82) is 0 Å². The molecule has 0 N–H and O–H groups in total. The van der Waals surface area contributed by atoms with Crippen LogP contribution in [0, 0.1) is 5.51 Å². The molecule has 0 aromatic carbocycles. The van der Waals surface area contributed by atoms with Gasteiger partial charge in [0.2, 0.25) is 11.8 Å². The van der Waals surface area contributed by atoms with E-state index in [4.69, 9.17) is 9.15 Å². The molecule has 2 aromatic rings. The Morgan fingerprint density at radius 1 is 1.67 bits per heavy atom. The van der Waals surface area contributed by atoms with Crippen molar-refractivity contribution in [3.63, 3.8) is 0 Å². The number of hydrogen-bond acceptors (Lipinski definition) is 5. The topological polar surface area (TPSA) is 48.2 Å². The van der Waals surface area contributed by atoms with Crippen molar-refractivity contribution in [2.75, 3.05) is 7.11 Å². The summed E-state index contributed by atoms with van der Waals surface area (Å²) in [5.74, 6) is 1.02. The maximum atomic E-state index is 5.08. The first-order valence-electron chi connectivity index (χ1n) is 3.22. The van der Waals surface area contributed by atoms with Crippen LogP contribution in [0.3, 0.4) is 0 Å². The zero-order chi connectivity index (χ0) is 8.39. The van der Waals surface area contributed by atoms with Gasteiger partial charge in [-0.1, -0.05) is 0 Å². The summed E-state index contributed by atoms with van der Waals surface area (Å²) < 4.78 is 10.1. The van der Waals surface area contributed by atoms with Crippen LogP contribution in [-0.4, -0.2) is 17.1 Å². The van der Waals surface area contributed by atoms with Crippen LogP contribution < -0.4 is 4.74 Å². The van der Waals surface area contributed by atoms with Gasteiger partial charge in [0.15, 0.2) is 10.4 Å². The highest BCUT2D eigenvalue weighted by Crippen LogP contribution is 2.30. The average molecular weight is 181 g/mol. The molecule has 5 heteroatoms. The Morgan fingerprint density at radius 3 is 3.25 bits per heavy atom. The van der Waals surface area contributed by atoms with Gasteiger partial charge < -0.3 is 9.15 Å². The molecule has 0 saturated heterocycles. The van der Waals surface area contributed by atoms with Gasteiger partial charge in [0.05, 0.1) is 13.3 Å². The third-order valence-corrected chi connectivity index (χ3v) is 2.04. The summed E-state index contributed by atoms with van der Waals surface area (Å²) in [6, 6.07) is 0. The van der Waals surface area contributed by atoms with E-state index in [1.54, 1.807) is 13.3 Å².